The summed E-state index contributed by atoms with van der Waals surface area (Å²) in [5, 5.41) is 0. The molecule has 0 saturated carbocycles. The lowest BCUT2D eigenvalue weighted by Crippen LogP contribution is -2.31. The average molecular weight is 229 g/mol. The van der Waals surface area contributed by atoms with Crippen LogP contribution in [-0.2, 0) is 9.53 Å². The van der Waals surface area contributed by atoms with Crippen molar-refractivity contribution in [3.8, 4) is 0 Å². The van der Waals surface area contributed by atoms with Gasteiger partial charge in [0, 0.05) is 6.04 Å². The lowest BCUT2D eigenvalue weighted by atomic mass is 9.96. The Kier molecular flexibility index (Phi) is 6.65. The molecular formula is C13H27NO2. The Morgan fingerprint density at radius 2 is 1.94 bits per heavy atom. The van der Waals surface area contributed by atoms with Crippen LogP contribution in [0.5, 0.6) is 0 Å². The van der Waals surface area contributed by atoms with Crippen molar-refractivity contribution in [1.29, 1.82) is 0 Å². The maximum atomic E-state index is 11.5. The highest BCUT2D eigenvalue weighted by atomic mass is 16.6. The third-order valence-electron chi connectivity index (χ3n) is 2.34. The second-order valence-electron chi connectivity index (χ2n) is 5.68. The fourth-order valence-corrected chi connectivity index (χ4v) is 1.81. The Morgan fingerprint density at radius 3 is 2.38 bits per heavy atom. The normalized spacial score (nSPS) is 15.6. The van der Waals surface area contributed by atoms with E-state index in [9.17, 15) is 4.79 Å². The number of nitrogens with two attached hydrogens (primary N) is 1. The van der Waals surface area contributed by atoms with E-state index >= 15 is 0 Å². The summed E-state index contributed by atoms with van der Waals surface area (Å²) in [6.45, 7) is 9.96. The highest BCUT2D eigenvalue weighted by molar-refractivity contribution is 5.70. The van der Waals surface area contributed by atoms with Crippen LogP contribution in [0.1, 0.15) is 60.3 Å². The van der Waals surface area contributed by atoms with Crippen molar-refractivity contribution in [2.24, 2.45) is 11.7 Å². The van der Waals surface area contributed by atoms with Gasteiger partial charge < -0.3 is 10.5 Å². The van der Waals surface area contributed by atoms with E-state index < -0.39 is 5.60 Å². The molecule has 2 atom stereocenters. The van der Waals surface area contributed by atoms with Gasteiger partial charge in [-0.25, -0.2) is 0 Å². The molecule has 0 amide bonds. The fourth-order valence-electron chi connectivity index (χ4n) is 1.81. The number of ether oxygens (including phenoxy) is 1. The summed E-state index contributed by atoms with van der Waals surface area (Å²) in [4.78, 5) is 11.5. The summed E-state index contributed by atoms with van der Waals surface area (Å²) in [6.07, 6.45) is 3.56. The Balaban J connectivity index is 3.87. The molecule has 0 bridgehead atoms. The highest BCUT2D eigenvalue weighted by Crippen LogP contribution is 2.15. The molecule has 0 aliphatic heterocycles. The third kappa shape index (κ3) is 8.72. The van der Waals surface area contributed by atoms with Crippen LogP contribution in [0.25, 0.3) is 0 Å². The van der Waals surface area contributed by atoms with Gasteiger partial charge in [-0.15, -0.1) is 0 Å². The van der Waals surface area contributed by atoms with Crippen LogP contribution in [0.2, 0.25) is 0 Å². The van der Waals surface area contributed by atoms with E-state index in [0.29, 0.717) is 12.3 Å². The van der Waals surface area contributed by atoms with Gasteiger partial charge in [-0.1, -0.05) is 26.7 Å². The van der Waals surface area contributed by atoms with Gasteiger partial charge in [0.1, 0.15) is 5.60 Å². The summed E-state index contributed by atoms with van der Waals surface area (Å²) >= 11 is 0. The number of hydrogen-bond donors (Lipinski definition) is 1. The van der Waals surface area contributed by atoms with Crippen LogP contribution in [0.3, 0.4) is 0 Å². The predicted molar refractivity (Wildman–Crippen MR) is 67.1 cm³/mol. The Labute approximate surface area is 99.7 Å². The minimum atomic E-state index is -0.411. The minimum Gasteiger partial charge on any atom is -0.460 e. The first-order chi connectivity index (χ1) is 7.24. The van der Waals surface area contributed by atoms with Gasteiger partial charge in [0.25, 0.3) is 0 Å². The molecule has 0 unspecified atom stereocenters. The van der Waals surface area contributed by atoms with Gasteiger partial charge in [-0.3, -0.25) is 4.79 Å². The standard InChI is InChI=1S/C13H27NO2/c1-6-7-10(2)8-11(14)9-12(15)16-13(3,4)5/h10-11H,6-9,14H2,1-5H3/t10-,11+/m1/s1. The summed E-state index contributed by atoms with van der Waals surface area (Å²) < 4.78 is 5.23. The Morgan fingerprint density at radius 1 is 1.38 bits per heavy atom. The van der Waals surface area contributed by atoms with E-state index in [1.165, 1.54) is 12.8 Å². The molecule has 0 aromatic rings. The Bertz CT molecular complexity index is 208. The van der Waals surface area contributed by atoms with Crippen LogP contribution >= 0.6 is 0 Å². The molecule has 0 heterocycles. The first-order valence-corrected chi connectivity index (χ1v) is 6.22. The van der Waals surface area contributed by atoms with Crippen LogP contribution in [0.4, 0.5) is 0 Å². The van der Waals surface area contributed by atoms with Gasteiger partial charge in [0.05, 0.1) is 6.42 Å². The topological polar surface area (TPSA) is 52.3 Å². The van der Waals surface area contributed by atoms with Crippen molar-refractivity contribution in [2.75, 3.05) is 0 Å². The minimum absolute atomic E-state index is 0.0728. The second-order valence-corrected chi connectivity index (χ2v) is 5.68. The first-order valence-electron chi connectivity index (χ1n) is 6.22. The molecule has 3 heteroatoms. The van der Waals surface area contributed by atoms with E-state index in [1.54, 1.807) is 0 Å². The largest absolute Gasteiger partial charge is 0.460 e. The van der Waals surface area contributed by atoms with Crippen LogP contribution < -0.4 is 5.73 Å². The van der Waals surface area contributed by atoms with E-state index in [1.807, 2.05) is 20.8 Å². The van der Waals surface area contributed by atoms with Crippen LogP contribution in [0.15, 0.2) is 0 Å². The number of esters is 1. The summed E-state index contributed by atoms with van der Waals surface area (Å²) in [5.41, 5.74) is 5.51. The molecule has 0 radical (unpaired) electrons. The molecule has 0 fully saturated rings. The SMILES string of the molecule is CCC[C@@H](C)C[C@H](N)CC(=O)OC(C)(C)C. The van der Waals surface area contributed by atoms with Gasteiger partial charge in [0.15, 0.2) is 0 Å². The highest BCUT2D eigenvalue weighted by Gasteiger charge is 2.19. The molecule has 0 aromatic carbocycles. The molecule has 0 aliphatic carbocycles. The van der Waals surface area contributed by atoms with E-state index in [2.05, 4.69) is 13.8 Å². The predicted octanol–water partition coefficient (Wildman–Crippen LogP) is 2.87. The lowest BCUT2D eigenvalue weighted by Gasteiger charge is -2.22. The molecule has 2 N–H and O–H groups in total. The zero-order valence-electron chi connectivity index (χ0n) is 11.4. The van der Waals surface area contributed by atoms with E-state index in [4.69, 9.17) is 10.5 Å². The number of rotatable bonds is 6. The maximum Gasteiger partial charge on any atom is 0.307 e. The van der Waals surface area contributed by atoms with Crippen molar-refractivity contribution in [3.63, 3.8) is 0 Å². The maximum absolute atomic E-state index is 11.5. The summed E-state index contributed by atoms with van der Waals surface area (Å²) in [7, 11) is 0. The van der Waals surface area contributed by atoms with Crippen molar-refractivity contribution in [2.45, 2.75) is 71.9 Å². The quantitative estimate of drug-likeness (QED) is 0.712. The first kappa shape index (κ1) is 15.4. The molecule has 0 spiro atoms. The molecule has 96 valence electrons. The monoisotopic (exact) mass is 229 g/mol. The number of hydrogen-bond acceptors (Lipinski definition) is 3. The number of carbonyl (C=O) groups excluding carboxylic acids is 1. The summed E-state index contributed by atoms with van der Waals surface area (Å²) in [6, 6.07) is -0.0728. The van der Waals surface area contributed by atoms with E-state index in [0.717, 1.165) is 6.42 Å². The van der Waals surface area contributed by atoms with Crippen LogP contribution in [-0.4, -0.2) is 17.6 Å². The summed E-state index contributed by atoms with van der Waals surface area (Å²) in [5.74, 6) is 0.395. The van der Waals surface area contributed by atoms with E-state index in [-0.39, 0.29) is 12.0 Å². The fraction of sp³-hybridized carbons (Fsp3) is 0.923. The number of carbonyl (C=O) groups is 1. The van der Waals surface area contributed by atoms with Crippen LogP contribution in [0, 0.1) is 5.92 Å². The molecular weight excluding hydrogens is 202 g/mol. The zero-order valence-corrected chi connectivity index (χ0v) is 11.4. The molecule has 0 aromatic heterocycles. The van der Waals surface area contributed by atoms with Crippen molar-refractivity contribution < 1.29 is 9.53 Å². The third-order valence-corrected chi connectivity index (χ3v) is 2.34. The van der Waals surface area contributed by atoms with Crippen molar-refractivity contribution in [1.82, 2.24) is 0 Å². The van der Waals surface area contributed by atoms with Gasteiger partial charge in [0.2, 0.25) is 0 Å². The Hall–Kier alpha value is -0.570. The molecule has 0 saturated heterocycles. The zero-order chi connectivity index (χ0) is 12.8. The van der Waals surface area contributed by atoms with Crippen molar-refractivity contribution >= 4 is 5.97 Å². The van der Waals surface area contributed by atoms with Crippen molar-refractivity contribution in [3.05, 3.63) is 0 Å². The molecule has 16 heavy (non-hydrogen) atoms. The van der Waals surface area contributed by atoms with Gasteiger partial charge >= 0.3 is 5.97 Å². The average Bonchev–Trinajstić information content (AvgIpc) is 1.98. The second kappa shape index (κ2) is 6.89. The van der Waals surface area contributed by atoms with Gasteiger partial charge in [-0.05, 0) is 33.1 Å². The van der Waals surface area contributed by atoms with Gasteiger partial charge in [-0.2, -0.15) is 0 Å². The lowest BCUT2D eigenvalue weighted by molar-refractivity contribution is -0.155. The molecule has 0 aliphatic rings. The molecule has 3 nitrogen and oxygen atoms in total. The smallest absolute Gasteiger partial charge is 0.307 e. The molecule has 0 rings (SSSR count).